The van der Waals surface area contributed by atoms with E-state index in [1.165, 1.54) is 27.2 Å². The normalized spacial score (nSPS) is 18.2. The van der Waals surface area contributed by atoms with Crippen molar-refractivity contribution in [3.63, 3.8) is 0 Å². The Morgan fingerprint density at radius 1 is 0.950 bits per heavy atom. The molecule has 1 fully saturated rings. The number of carbonyl (C=O) groups is 5. The fourth-order valence-electron chi connectivity index (χ4n) is 4.61. The van der Waals surface area contributed by atoms with Crippen molar-refractivity contribution in [2.45, 2.75) is 39.3 Å². The van der Waals surface area contributed by atoms with Gasteiger partial charge in [-0.3, -0.25) is 29.3 Å². The minimum Gasteiger partial charge on any atom is -0.493 e. The first kappa shape index (κ1) is 30.1. The molecule has 0 unspecified atom stereocenters. The average molecular weight is 550 g/mol. The largest absolute Gasteiger partial charge is 0.493 e. The number of benzene rings is 2. The molecule has 0 bridgehead atoms. The SMILES string of the molecule is COc1cccc(/C=C/C(=O)N[C@@H](CC(=O)N[C@H](C(=O)[C@@H]2C(=O)NC(=O)[C@H]2C)C(C)C)c2ccccc2)c1OC. The molecule has 0 aliphatic carbocycles. The van der Waals surface area contributed by atoms with Crippen LogP contribution in [0.25, 0.3) is 6.08 Å². The topological polar surface area (TPSA) is 140 Å². The Morgan fingerprint density at radius 3 is 2.23 bits per heavy atom. The van der Waals surface area contributed by atoms with Gasteiger partial charge in [-0.05, 0) is 23.6 Å². The molecule has 4 amide bonds. The van der Waals surface area contributed by atoms with Crippen molar-refractivity contribution in [2.24, 2.45) is 17.8 Å². The van der Waals surface area contributed by atoms with Gasteiger partial charge >= 0.3 is 0 Å². The lowest BCUT2D eigenvalue weighted by Gasteiger charge is -2.25. The van der Waals surface area contributed by atoms with E-state index in [-0.39, 0.29) is 12.3 Å². The lowest BCUT2D eigenvalue weighted by molar-refractivity contribution is -0.137. The number of Topliss-reactive ketones (excluding diaryl/α,β-unsaturated/α-hetero) is 1. The second-order valence-electron chi connectivity index (χ2n) is 9.90. The Morgan fingerprint density at radius 2 is 1.65 bits per heavy atom. The molecular weight excluding hydrogens is 514 g/mol. The highest BCUT2D eigenvalue weighted by Crippen LogP contribution is 2.31. The molecule has 2 aromatic carbocycles. The van der Waals surface area contributed by atoms with Crippen molar-refractivity contribution < 1.29 is 33.4 Å². The number of amides is 4. The molecule has 1 aliphatic rings. The van der Waals surface area contributed by atoms with Crippen LogP contribution in [0.15, 0.2) is 54.6 Å². The van der Waals surface area contributed by atoms with Gasteiger partial charge < -0.3 is 20.1 Å². The third-order valence-electron chi connectivity index (χ3n) is 6.79. The predicted octanol–water partition coefficient (Wildman–Crippen LogP) is 2.58. The van der Waals surface area contributed by atoms with Gasteiger partial charge in [0.1, 0.15) is 5.92 Å². The minimum atomic E-state index is -1.16. The van der Waals surface area contributed by atoms with E-state index in [0.29, 0.717) is 22.6 Å². The Hall–Kier alpha value is -4.47. The Bertz CT molecular complexity index is 1290. The molecule has 1 saturated heterocycles. The molecule has 2 aromatic rings. The number of ketones is 1. The molecule has 3 N–H and O–H groups in total. The zero-order valence-corrected chi connectivity index (χ0v) is 23.2. The molecule has 4 atom stereocenters. The van der Waals surface area contributed by atoms with Crippen LogP contribution in [0.5, 0.6) is 11.5 Å². The third kappa shape index (κ3) is 7.13. The first-order valence-electron chi connectivity index (χ1n) is 13.0. The zero-order chi connectivity index (χ0) is 29.4. The van der Waals surface area contributed by atoms with E-state index < -0.39 is 53.3 Å². The monoisotopic (exact) mass is 549 g/mol. The number of hydrogen-bond acceptors (Lipinski definition) is 7. The summed E-state index contributed by atoms with van der Waals surface area (Å²) >= 11 is 0. The van der Waals surface area contributed by atoms with Gasteiger partial charge in [-0.15, -0.1) is 0 Å². The van der Waals surface area contributed by atoms with Gasteiger partial charge in [0, 0.05) is 11.6 Å². The molecule has 3 rings (SSSR count). The summed E-state index contributed by atoms with van der Waals surface area (Å²) < 4.78 is 10.7. The summed E-state index contributed by atoms with van der Waals surface area (Å²) in [6, 6.07) is 12.6. The van der Waals surface area contributed by atoms with E-state index in [2.05, 4.69) is 16.0 Å². The van der Waals surface area contributed by atoms with E-state index in [1.807, 2.05) is 6.07 Å². The Labute approximate surface area is 233 Å². The third-order valence-corrected chi connectivity index (χ3v) is 6.79. The quantitative estimate of drug-likeness (QED) is 0.210. The zero-order valence-electron chi connectivity index (χ0n) is 23.2. The first-order valence-corrected chi connectivity index (χ1v) is 13.0. The van der Waals surface area contributed by atoms with E-state index in [9.17, 15) is 24.0 Å². The Balaban J connectivity index is 1.76. The van der Waals surface area contributed by atoms with Crippen LogP contribution in [0, 0.1) is 17.8 Å². The molecule has 0 aromatic heterocycles. The summed E-state index contributed by atoms with van der Waals surface area (Å²) in [5.41, 5.74) is 1.33. The van der Waals surface area contributed by atoms with Crippen LogP contribution < -0.4 is 25.4 Å². The fraction of sp³-hybridized carbons (Fsp3) is 0.367. The lowest BCUT2D eigenvalue weighted by atomic mass is 9.85. The van der Waals surface area contributed by atoms with E-state index in [4.69, 9.17) is 9.47 Å². The van der Waals surface area contributed by atoms with Gasteiger partial charge in [-0.1, -0.05) is 63.2 Å². The second-order valence-corrected chi connectivity index (χ2v) is 9.90. The highest BCUT2D eigenvalue weighted by Gasteiger charge is 2.46. The lowest BCUT2D eigenvalue weighted by Crippen LogP contribution is -2.49. The maximum Gasteiger partial charge on any atom is 0.244 e. The average Bonchev–Trinajstić information content (AvgIpc) is 3.20. The van der Waals surface area contributed by atoms with Gasteiger partial charge in [0.2, 0.25) is 23.6 Å². The van der Waals surface area contributed by atoms with Crippen LogP contribution >= 0.6 is 0 Å². The maximum absolute atomic E-state index is 13.2. The minimum absolute atomic E-state index is 0.159. The number of rotatable bonds is 12. The number of methoxy groups -OCH3 is 2. The summed E-state index contributed by atoms with van der Waals surface area (Å²) in [4.78, 5) is 63.4. The summed E-state index contributed by atoms with van der Waals surface area (Å²) in [6.07, 6.45) is 2.76. The Kier molecular flexibility index (Phi) is 10.2. The van der Waals surface area contributed by atoms with Crippen LogP contribution in [0.1, 0.15) is 44.4 Å². The van der Waals surface area contributed by atoms with Crippen molar-refractivity contribution in [3.8, 4) is 11.5 Å². The fourth-order valence-corrected chi connectivity index (χ4v) is 4.61. The first-order chi connectivity index (χ1) is 19.1. The molecule has 10 heteroatoms. The van der Waals surface area contributed by atoms with Gasteiger partial charge in [0.05, 0.1) is 38.6 Å². The van der Waals surface area contributed by atoms with Crippen LogP contribution in [0.4, 0.5) is 0 Å². The summed E-state index contributed by atoms with van der Waals surface area (Å²) in [7, 11) is 3.03. The maximum atomic E-state index is 13.2. The van der Waals surface area contributed by atoms with Crippen LogP contribution in [-0.2, 0) is 24.0 Å². The molecule has 40 heavy (non-hydrogen) atoms. The molecule has 212 valence electrons. The van der Waals surface area contributed by atoms with Crippen LogP contribution in [-0.4, -0.2) is 49.7 Å². The van der Waals surface area contributed by atoms with Crippen molar-refractivity contribution >= 4 is 35.5 Å². The summed E-state index contributed by atoms with van der Waals surface area (Å²) in [5, 5.41) is 7.76. The molecule has 0 spiro atoms. The van der Waals surface area contributed by atoms with Crippen molar-refractivity contribution in [3.05, 3.63) is 65.7 Å². The van der Waals surface area contributed by atoms with Crippen molar-refractivity contribution in [1.82, 2.24) is 16.0 Å². The van der Waals surface area contributed by atoms with E-state index in [0.717, 1.165) is 0 Å². The van der Waals surface area contributed by atoms with Gasteiger partial charge in [0.15, 0.2) is 17.3 Å². The van der Waals surface area contributed by atoms with Gasteiger partial charge in [0.25, 0.3) is 0 Å². The molecule has 10 nitrogen and oxygen atoms in total. The van der Waals surface area contributed by atoms with Crippen LogP contribution in [0.3, 0.4) is 0 Å². The van der Waals surface area contributed by atoms with E-state index in [1.54, 1.807) is 62.4 Å². The molecule has 1 heterocycles. The number of ether oxygens (including phenoxy) is 2. The predicted molar refractivity (Wildman–Crippen MR) is 148 cm³/mol. The number of nitrogens with one attached hydrogen (secondary N) is 3. The standard InChI is InChI=1S/C30H35N3O7/c1-17(2)26(27(36)25-18(3)29(37)33-30(25)38)32-24(35)16-21(19-10-7-6-8-11-19)31-23(34)15-14-20-12-9-13-22(39-4)28(20)40-5/h6-15,17-18,21,25-26H,16H2,1-5H3,(H,31,34)(H,32,35)(H,33,37,38)/b15-14+/t18-,21-,25+,26-/m0/s1. The number of para-hydroxylation sites is 1. The molecule has 1 aliphatic heterocycles. The van der Waals surface area contributed by atoms with Gasteiger partial charge in [-0.25, -0.2) is 0 Å². The van der Waals surface area contributed by atoms with Crippen LogP contribution in [0.2, 0.25) is 0 Å². The second kappa shape index (κ2) is 13.5. The highest BCUT2D eigenvalue weighted by atomic mass is 16.5. The highest BCUT2D eigenvalue weighted by molar-refractivity contribution is 6.16. The van der Waals surface area contributed by atoms with E-state index >= 15 is 0 Å². The smallest absolute Gasteiger partial charge is 0.244 e. The summed E-state index contributed by atoms with van der Waals surface area (Å²) in [5.74, 6) is -3.94. The van der Waals surface area contributed by atoms with Crippen molar-refractivity contribution in [2.75, 3.05) is 14.2 Å². The number of hydrogen-bond donors (Lipinski definition) is 3. The molecule has 0 radical (unpaired) electrons. The summed E-state index contributed by atoms with van der Waals surface area (Å²) in [6.45, 7) is 5.00. The number of carbonyl (C=O) groups excluding carboxylic acids is 5. The van der Waals surface area contributed by atoms with Gasteiger partial charge in [-0.2, -0.15) is 0 Å². The van der Waals surface area contributed by atoms with Crippen molar-refractivity contribution in [1.29, 1.82) is 0 Å². The molecule has 0 saturated carbocycles. The number of imide groups is 1. The molecular formula is C30H35N3O7.